The van der Waals surface area contributed by atoms with Gasteiger partial charge in [0.15, 0.2) is 0 Å². The molecule has 94 valence electrons. The van der Waals surface area contributed by atoms with Crippen molar-refractivity contribution in [3.8, 4) is 0 Å². The van der Waals surface area contributed by atoms with E-state index in [0.717, 1.165) is 17.0 Å². The smallest absolute Gasteiger partial charge is 0.0654 e. The minimum atomic E-state index is 1.00. The van der Waals surface area contributed by atoms with Crippen molar-refractivity contribution in [3.63, 3.8) is 0 Å². The summed E-state index contributed by atoms with van der Waals surface area (Å²) in [5.41, 5.74) is 9.97. The molecule has 19 heavy (non-hydrogen) atoms. The lowest BCUT2D eigenvalue weighted by atomic mass is 9.98. The molecular weight excluding hydrogens is 232 g/mol. The Bertz CT molecular complexity index is 664. The van der Waals surface area contributed by atoms with Crippen LogP contribution in [0.3, 0.4) is 0 Å². The monoisotopic (exact) mass is 248 g/mol. The minimum Gasteiger partial charge on any atom is -0.278 e. The number of aryl methyl sites for hydroxylation is 1. The van der Waals surface area contributed by atoms with Crippen LogP contribution in [0.15, 0.2) is 53.6 Å². The molecule has 1 aliphatic heterocycles. The van der Waals surface area contributed by atoms with Gasteiger partial charge in [-0.1, -0.05) is 48.0 Å². The highest BCUT2D eigenvalue weighted by Gasteiger charge is 2.11. The fourth-order valence-corrected chi connectivity index (χ4v) is 2.21. The Morgan fingerprint density at radius 2 is 1.63 bits per heavy atom. The second-order valence-electron chi connectivity index (χ2n) is 4.82. The van der Waals surface area contributed by atoms with Crippen LogP contribution < -0.4 is 5.43 Å². The largest absolute Gasteiger partial charge is 0.278 e. The van der Waals surface area contributed by atoms with Crippen LogP contribution in [0.1, 0.15) is 23.6 Å². The van der Waals surface area contributed by atoms with Crippen molar-refractivity contribution < 1.29 is 0 Å². The number of para-hydroxylation sites is 1. The fraction of sp³-hybridized carbons (Fsp3) is 0.118. The van der Waals surface area contributed by atoms with E-state index in [1.54, 1.807) is 0 Å². The summed E-state index contributed by atoms with van der Waals surface area (Å²) in [6.45, 7) is 4.13. The van der Waals surface area contributed by atoms with Crippen molar-refractivity contribution in [2.45, 2.75) is 13.8 Å². The molecule has 0 aliphatic carbocycles. The first kappa shape index (κ1) is 11.7. The van der Waals surface area contributed by atoms with Crippen LogP contribution in [0, 0.1) is 6.92 Å². The van der Waals surface area contributed by atoms with Gasteiger partial charge in [0.05, 0.1) is 11.4 Å². The Hall–Kier alpha value is -2.35. The zero-order valence-corrected chi connectivity index (χ0v) is 11.1. The van der Waals surface area contributed by atoms with Crippen LogP contribution in [0.25, 0.3) is 11.6 Å². The number of benzene rings is 2. The summed E-state index contributed by atoms with van der Waals surface area (Å²) in [6.07, 6.45) is 2.19. The van der Waals surface area contributed by atoms with Gasteiger partial charge in [-0.2, -0.15) is 5.10 Å². The van der Waals surface area contributed by atoms with Gasteiger partial charge in [0.25, 0.3) is 0 Å². The molecule has 0 radical (unpaired) electrons. The minimum absolute atomic E-state index is 1.00. The predicted molar refractivity (Wildman–Crippen MR) is 82.2 cm³/mol. The zero-order chi connectivity index (χ0) is 13.2. The lowest BCUT2D eigenvalue weighted by Gasteiger charge is -2.06. The van der Waals surface area contributed by atoms with Gasteiger partial charge >= 0.3 is 0 Å². The van der Waals surface area contributed by atoms with Gasteiger partial charge in [0.1, 0.15) is 0 Å². The van der Waals surface area contributed by atoms with Gasteiger partial charge < -0.3 is 0 Å². The van der Waals surface area contributed by atoms with Gasteiger partial charge in [-0.05, 0) is 31.6 Å². The lowest BCUT2D eigenvalue weighted by molar-refractivity contribution is 1.33. The summed E-state index contributed by atoms with van der Waals surface area (Å²) in [4.78, 5) is 0. The average molecular weight is 248 g/mol. The number of allylic oxidation sites excluding steroid dienone is 1. The highest BCUT2D eigenvalue weighted by Crippen LogP contribution is 2.27. The molecule has 0 saturated carbocycles. The molecule has 1 heterocycles. The maximum atomic E-state index is 4.44. The van der Waals surface area contributed by atoms with Gasteiger partial charge in [0.2, 0.25) is 0 Å². The maximum Gasteiger partial charge on any atom is 0.0654 e. The highest BCUT2D eigenvalue weighted by molar-refractivity contribution is 6.28. The molecule has 2 heteroatoms. The van der Waals surface area contributed by atoms with Crippen LogP contribution >= 0.6 is 0 Å². The number of nitrogens with zero attached hydrogens (tertiary/aromatic N) is 1. The second-order valence-corrected chi connectivity index (χ2v) is 4.82. The standard InChI is InChI=1S/C17H16N2/c1-12-7-9-14(10-8-12)16-11-15-5-3-4-6-17(15)19-18-13(16)2/h3-11,19H,1-2H3. The first-order chi connectivity index (χ1) is 9.24. The third-order valence-corrected chi connectivity index (χ3v) is 3.36. The van der Waals surface area contributed by atoms with E-state index in [1.165, 1.54) is 16.7 Å². The molecule has 0 saturated heterocycles. The number of hydrazone groups is 1. The van der Waals surface area contributed by atoms with E-state index < -0.39 is 0 Å². The van der Waals surface area contributed by atoms with E-state index >= 15 is 0 Å². The molecule has 0 fully saturated rings. The summed E-state index contributed by atoms with van der Waals surface area (Å²) < 4.78 is 0. The normalized spacial score (nSPS) is 13.8. The lowest BCUT2D eigenvalue weighted by Crippen LogP contribution is -1.98. The molecule has 0 spiro atoms. The van der Waals surface area contributed by atoms with Crippen LogP contribution in [0.2, 0.25) is 0 Å². The fourth-order valence-electron chi connectivity index (χ4n) is 2.21. The van der Waals surface area contributed by atoms with Crippen LogP contribution in [0.5, 0.6) is 0 Å². The van der Waals surface area contributed by atoms with Gasteiger partial charge in [0, 0.05) is 11.1 Å². The Balaban J connectivity index is 2.13. The molecule has 0 unspecified atom stereocenters. The van der Waals surface area contributed by atoms with E-state index in [2.05, 4.69) is 53.9 Å². The topological polar surface area (TPSA) is 24.4 Å². The van der Waals surface area contributed by atoms with Crippen molar-refractivity contribution in [1.82, 2.24) is 0 Å². The molecular formula is C17H16N2. The summed E-state index contributed by atoms with van der Waals surface area (Å²) in [7, 11) is 0. The zero-order valence-electron chi connectivity index (χ0n) is 11.1. The maximum absolute atomic E-state index is 4.44. The predicted octanol–water partition coefficient (Wildman–Crippen LogP) is 4.34. The third kappa shape index (κ3) is 2.29. The molecule has 2 aromatic carbocycles. The van der Waals surface area contributed by atoms with Gasteiger partial charge in [-0.25, -0.2) is 0 Å². The summed E-state index contributed by atoms with van der Waals surface area (Å²) in [5, 5.41) is 4.44. The first-order valence-electron chi connectivity index (χ1n) is 6.42. The molecule has 0 amide bonds. The van der Waals surface area contributed by atoms with Crippen LogP contribution in [0.4, 0.5) is 5.69 Å². The number of hydrogen-bond donors (Lipinski definition) is 1. The quantitative estimate of drug-likeness (QED) is 0.797. The second kappa shape index (κ2) is 4.73. The summed E-state index contributed by atoms with van der Waals surface area (Å²) >= 11 is 0. The molecule has 0 aromatic heterocycles. The molecule has 1 aliphatic rings. The Morgan fingerprint density at radius 1 is 0.895 bits per heavy atom. The van der Waals surface area contributed by atoms with Gasteiger partial charge in [-0.15, -0.1) is 0 Å². The molecule has 2 aromatic rings. The Morgan fingerprint density at radius 3 is 2.42 bits per heavy atom. The van der Waals surface area contributed by atoms with Crippen molar-refractivity contribution >= 4 is 23.0 Å². The van der Waals surface area contributed by atoms with Crippen molar-refractivity contribution in [1.29, 1.82) is 0 Å². The van der Waals surface area contributed by atoms with Crippen molar-refractivity contribution in [2.24, 2.45) is 5.10 Å². The van der Waals surface area contributed by atoms with E-state index in [9.17, 15) is 0 Å². The average Bonchev–Trinajstić information content (AvgIpc) is 2.60. The Labute approximate surface area is 113 Å². The number of hydrogen-bond acceptors (Lipinski definition) is 2. The van der Waals surface area contributed by atoms with Crippen molar-refractivity contribution in [2.75, 3.05) is 5.43 Å². The van der Waals surface area contributed by atoms with Crippen LogP contribution in [-0.2, 0) is 0 Å². The van der Waals surface area contributed by atoms with Crippen LogP contribution in [-0.4, -0.2) is 5.71 Å². The number of anilines is 1. The molecule has 2 nitrogen and oxygen atoms in total. The summed E-state index contributed by atoms with van der Waals surface area (Å²) in [5.74, 6) is 0. The van der Waals surface area contributed by atoms with E-state index in [1.807, 2.05) is 25.1 Å². The first-order valence-corrected chi connectivity index (χ1v) is 6.42. The SMILES string of the molecule is CC1=NNc2ccccc2C=C1c1ccc(C)cc1. The summed E-state index contributed by atoms with van der Waals surface area (Å²) in [6, 6.07) is 16.8. The molecule has 0 bridgehead atoms. The third-order valence-electron chi connectivity index (χ3n) is 3.36. The number of rotatable bonds is 1. The highest BCUT2D eigenvalue weighted by atomic mass is 15.3. The van der Waals surface area contributed by atoms with E-state index in [4.69, 9.17) is 0 Å². The van der Waals surface area contributed by atoms with Crippen molar-refractivity contribution in [3.05, 3.63) is 65.2 Å². The number of fused-ring (bicyclic) bond motifs is 1. The van der Waals surface area contributed by atoms with E-state index in [0.29, 0.717) is 0 Å². The van der Waals surface area contributed by atoms with E-state index in [-0.39, 0.29) is 0 Å². The molecule has 3 rings (SSSR count). The van der Waals surface area contributed by atoms with Gasteiger partial charge in [-0.3, -0.25) is 5.43 Å². The number of nitrogens with one attached hydrogen (secondary N) is 1. The molecule has 1 N–H and O–H groups in total. The molecule has 0 atom stereocenters. The Kier molecular flexibility index (Phi) is 2.92.